The maximum atomic E-state index is 9.66. The van der Waals surface area contributed by atoms with E-state index in [9.17, 15) is 5.11 Å². The molecule has 3 aromatic heterocycles. The fraction of sp³-hybridized carbons (Fsp3) is 0.455. The standard InChI is InChI=1S/C22H26N6O/c1-27-15-22(12-17(27)14-29)5-10-28(11-6-22)21-18-4-9-24-13-19(18)25-20(26-21)16-2-7-23-8-3-16/h2-4,7-9,13,17,29H,5-6,10-12,14-15H2,1H3. The van der Waals surface area contributed by atoms with E-state index in [4.69, 9.17) is 9.97 Å². The first-order chi connectivity index (χ1) is 14.2. The number of nitrogens with zero attached hydrogens (tertiary/aromatic N) is 6. The first-order valence-corrected chi connectivity index (χ1v) is 10.3. The van der Waals surface area contributed by atoms with E-state index >= 15 is 0 Å². The zero-order chi connectivity index (χ0) is 19.8. The molecule has 0 aliphatic carbocycles. The largest absolute Gasteiger partial charge is 0.395 e. The lowest BCUT2D eigenvalue weighted by molar-refractivity contribution is 0.182. The lowest BCUT2D eigenvalue weighted by Gasteiger charge is -2.40. The van der Waals surface area contributed by atoms with Gasteiger partial charge in [0.1, 0.15) is 5.82 Å². The first kappa shape index (κ1) is 18.4. The number of aliphatic hydroxyl groups excluding tert-OH is 1. The van der Waals surface area contributed by atoms with Gasteiger partial charge in [-0.15, -0.1) is 0 Å². The summed E-state index contributed by atoms with van der Waals surface area (Å²) in [6.45, 7) is 3.26. The third-order valence-electron chi connectivity index (χ3n) is 6.63. The molecular formula is C22H26N6O. The van der Waals surface area contributed by atoms with Crippen LogP contribution in [0.1, 0.15) is 19.3 Å². The smallest absolute Gasteiger partial charge is 0.162 e. The van der Waals surface area contributed by atoms with Gasteiger partial charge in [0, 0.05) is 55.2 Å². The van der Waals surface area contributed by atoms with E-state index in [0.717, 1.165) is 61.2 Å². The van der Waals surface area contributed by atoms with E-state index in [1.54, 1.807) is 12.4 Å². The van der Waals surface area contributed by atoms with Crippen LogP contribution in [0.4, 0.5) is 5.82 Å². The lowest BCUT2D eigenvalue weighted by atomic mass is 9.76. The Morgan fingerprint density at radius 1 is 1.07 bits per heavy atom. The highest BCUT2D eigenvalue weighted by molar-refractivity contribution is 5.90. The average molecular weight is 390 g/mol. The zero-order valence-corrected chi connectivity index (χ0v) is 16.7. The van der Waals surface area contributed by atoms with Gasteiger partial charge < -0.3 is 14.9 Å². The second-order valence-corrected chi connectivity index (χ2v) is 8.44. The van der Waals surface area contributed by atoms with Crippen LogP contribution in [0.3, 0.4) is 0 Å². The number of fused-ring (bicyclic) bond motifs is 1. The summed E-state index contributed by atoms with van der Waals surface area (Å²) in [5, 5.41) is 10.7. The van der Waals surface area contributed by atoms with E-state index in [2.05, 4.69) is 26.8 Å². The Balaban J connectivity index is 1.46. The molecule has 150 valence electrons. The number of aliphatic hydroxyl groups is 1. The quantitative estimate of drug-likeness (QED) is 0.735. The van der Waals surface area contributed by atoms with Crippen molar-refractivity contribution in [1.29, 1.82) is 0 Å². The van der Waals surface area contributed by atoms with Crippen molar-refractivity contribution in [3.8, 4) is 11.4 Å². The lowest BCUT2D eigenvalue weighted by Crippen LogP contribution is -2.41. The fourth-order valence-corrected chi connectivity index (χ4v) is 4.97. The Hall–Kier alpha value is -2.64. The van der Waals surface area contributed by atoms with E-state index < -0.39 is 0 Å². The molecule has 5 rings (SSSR count). The SMILES string of the molecule is CN1CC2(CCN(c3nc(-c4ccncc4)nc4cnccc34)CC2)CC1CO. The summed E-state index contributed by atoms with van der Waals surface area (Å²) in [5.74, 6) is 1.70. The Morgan fingerprint density at radius 2 is 1.83 bits per heavy atom. The van der Waals surface area contributed by atoms with Crippen LogP contribution in [0.15, 0.2) is 43.0 Å². The Kier molecular flexibility index (Phi) is 4.64. The molecule has 2 aliphatic rings. The molecule has 1 spiro atoms. The molecule has 5 heterocycles. The van der Waals surface area contributed by atoms with Gasteiger partial charge in [0.15, 0.2) is 5.82 Å². The number of piperidine rings is 1. The minimum atomic E-state index is 0.251. The predicted octanol–water partition coefficient (Wildman–Crippen LogP) is 2.37. The average Bonchev–Trinajstić information content (AvgIpc) is 3.09. The molecule has 0 radical (unpaired) electrons. The molecule has 2 fully saturated rings. The number of likely N-dealkylation sites (tertiary alicyclic amines) is 1. The van der Waals surface area contributed by atoms with Crippen molar-refractivity contribution in [2.75, 3.05) is 38.2 Å². The zero-order valence-electron chi connectivity index (χ0n) is 16.7. The normalized spacial score (nSPS) is 21.9. The number of hydrogen-bond acceptors (Lipinski definition) is 7. The number of aromatic nitrogens is 4. The molecule has 1 atom stereocenters. The minimum Gasteiger partial charge on any atom is -0.395 e. The van der Waals surface area contributed by atoms with Crippen LogP contribution in [-0.2, 0) is 0 Å². The van der Waals surface area contributed by atoms with Crippen molar-refractivity contribution in [3.05, 3.63) is 43.0 Å². The highest BCUT2D eigenvalue weighted by Gasteiger charge is 2.44. The summed E-state index contributed by atoms with van der Waals surface area (Å²) < 4.78 is 0. The molecule has 0 bridgehead atoms. The van der Waals surface area contributed by atoms with Crippen molar-refractivity contribution in [2.24, 2.45) is 5.41 Å². The molecule has 2 aliphatic heterocycles. The number of pyridine rings is 2. The molecule has 0 saturated carbocycles. The number of anilines is 1. The van der Waals surface area contributed by atoms with Crippen molar-refractivity contribution >= 4 is 16.7 Å². The van der Waals surface area contributed by atoms with Crippen molar-refractivity contribution in [1.82, 2.24) is 24.8 Å². The van der Waals surface area contributed by atoms with Crippen molar-refractivity contribution < 1.29 is 5.11 Å². The van der Waals surface area contributed by atoms with Crippen LogP contribution in [-0.4, -0.2) is 69.3 Å². The Morgan fingerprint density at radius 3 is 2.55 bits per heavy atom. The summed E-state index contributed by atoms with van der Waals surface area (Å²) in [4.78, 5) is 22.8. The highest BCUT2D eigenvalue weighted by atomic mass is 16.3. The molecule has 3 aromatic rings. The maximum Gasteiger partial charge on any atom is 0.162 e. The summed E-state index contributed by atoms with van der Waals surface area (Å²) in [5.41, 5.74) is 2.14. The minimum absolute atomic E-state index is 0.251. The van der Waals surface area contributed by atoms with Crippen LogP contribution in [0.2, 0.25) is 0 Å². The molecule has 29 heavy (non-hydrogen) atoms. The van der Waals surface area contributed by atoms with Crippen molar-refractivity contribution in [2.45, 2.75) is 25.3 Å². The number of likely N-dealkylation sites (N-methyl/N-ethyl adjacent to an activating group) is 1. The maximum absolute atomic E-state index is 9.66. The van der Waals surface area contributed by atoms with Gasteiger partial charge in [0.25, 0.3) is 0 Å². The molecular weight excluding hydrogens is 364 g/mol. The second-order valence-electron chi connectivity index (χ2n) is 8.44. The highest BCUT2D eigenvalue weighted by Crippen LogP contribution is 2.43. The van der Waals surface area contributed by atoms with Gasteiger partial charge in [-0.25, -0.2) is 9.97 Å². The predicted molar refractivity (Wildman–Crippen MR) is 113 cm³/mol. The third kappa shape index (κ3) is 3.34. The van der Waals surface area contributed by atoms with Gasteiger partial charge in [0.05, 0.1) is 18.3 Å². The molecule has 1 unspecified atom stereocenters. The third-order valence-corrected chi connectivity index (χ3v) is 6.63. The summed E-state index contributed by atoms with van der Waals surface area (Å²) >= 11 is 0. The summed E-state index contributed by atoms with van der Waals surface area (Å²) in [7, 11) is 2.13. The van der Waals surface area contributed by atoms with E-state index in [1.165, 1.54) is 0 Å². The van der Waals surface area contributed by atoms with Gasteiger partial charge in [0.2, 0.25) is 0 Å². The first-order valence-electron chi connectivity index (χ1n) is 10.3. The van der Waals surface area contributed by atoms with E-state index in [-0.39, 0.29) is 6.61 Å². The Labute approximate surface area is 170 Å². The molecule has 2 saturated heterocycles. The van der Waals surface area contributed by atoms with E-state index in [1.807, 2.05) is 30.6 Å². The van der Waals surface area contributed by atoms with Crippen LogP contribution < -0.4 is 4.90 Å². The second kappa shape index (κ2) is 7.31. The van der Waals surface area contributed by atoms with Crippen LogP contribution in [0, 0.1) is 5.41 Å². The molecule has 7 heteroatoms. The van der Waals surface area contributed by atoms with Gasteiger partial charge >= 0.3 is 0 Å². The summed E-state index contributed by atoms with van der Waals surface area (Å²) in [6, 6.07) is 6.19. The van der Waals surface area contributed by atoms with Gasteiger partial charge in [-0.05, 0) is 49.9 Å². The summed E-state index contributed by atoms with van der Waals surface area (Å²) in [6.07, 6.45) is 10.5. The topological polar surface area (TPSA) is 78.3 Å². The van der Waals surface area contributed by atoms with Crippen LogP contribution in [0.5, 0.6) is 0 Å². The Bertz CT molecular complexity index is 1000. The van der Waals surface area contributed by atoms with Gasteiger partial charge in [-0.3, -0.25) is 9.97 Å². The van der Waals surface area contributed by atoms with Crippen LogP contribution >= 0.6 is 0 Å². The van der Waals surface area contributed by atoms with Crippen molar-refractivity contribution in [3.63, 3.8) is 0 Å². The molecule has 7 nitrogen and oxygen atoms in total. The molecule has 1 N–H and O–H groups in total. The number of hydrogen-bond donors (Lipinski definition) is 1. The van der Waals surface area contributed by atoms with E-state index in [0.29, 0.717) is 17.3 Å². The monoisotopic (exact) mass is 390 g/mol. The fourth-order valence-electron chi connectivity index (χ4n) is 4.97. The van der Waals surface area contributed by atoms with Gasteiger partial charge in [-0.1, -0.05) is 0 Å². The van der Waals surface area contributed by atoms with Crippen LogP contribution in [0.25, 0.3) is 22.3 Å². The molecule has 0 aromatic carbocycles. The number of rotatable bonds is 3. The molecule has 0 amide bonds. The van der Waals surface area contributed by atoms with Gasteiger partial charge in [-0.2, -0.15) is 0 Å².